The molecule has 1 aromatic rings. The largest absolute Gasteiger partial charge is 0.192 e. The van der Waals surface area contributed by atoms with Crippen molar-refractivity contribution in [3.8, 4) is 6.07 Å². The van der Waals surface area contributed by atoms with Gasteiger partial charge in [-0.25, -0.2) is 0 Å². The zero-order chi connectivity index (χ0) is 12.3. The van der Waals surface area contributed by atoms with Crippen LogP contribution >= 0.6 is 0 Å². The summed E-state index contributed by atoms with van der Waals surface area (Å²) < 4.78 is 0. The van der Waals surface area contributed by atoms with Gasteiger partial charge in [0.15, 0.2) is 0 Å². The van der Waals surface area contributed by atoms with Crippen LogP contribution in [0.5, 0.6) is 0 Å². The minimum absolute atomic E-state index is 0.807. The number of rotatable bonds is 7. The fourth-order valence-electron chi connectivity index (χ4n) is 1.84. The predicted octanol–water partition coefficient (Wildman–Crippen LogP) is 4.95. The fraction of sp³-hybridized carbons (Fsp3) is 0.438. The maximum absolute atomic E-state index is 9.10. The van der Waals surface area contributed by atoms with Crippen LogP contribution in [-0.4, -0.2) is 0 Å². The lowest BCUT2D eigenvalue weighted by atomic mass is 10.0. The van der Waals surface area contributed by atoms with Gasteiger partial charge in [-0.2, -0.15) is 5.26 Å². The van der Waals surface area contributed by atoms with Crippen LogP contribution in [-0.2, 0) is 0 Å². The Bertz CT molecular complexity index is 370. The number of hydrogen-bond acceptors (Lipinski definition) is 1. The molecule has 0 N–H and O–H groups in total. The third-order valence-electron chi connectivity index (χ3n) is 2.86. The zero-order valence-electron chi connectivity index (χ0n) is 10.7. The lowest BCUT2D eigenvalue weighted by Crippen LogP contribution is -1.82. The van der Waals surface area contributed by atoms with Crippen LogP contribution in [0.2, 0.25) is 0 Å². The molecule has 0 heterocycles. The van der Waals surface area contributed by atoms with E-state index in [0.29, 0.717) is 0 Å². The standard InChI is InChI=1S/C16H21N/c1-2-3-4-5-6-8-13-16(14-17)15-11-9-7-10-12-15/h7,9-13H,2-6,8H2,1H3/b16-13+. The molecular formula is C16H21N. The Hall–Kier alpha value is -1.55. The Balaban J connectivity index is 2.39. The van der Waals surface area contributed by atoms with Crippen molar-refractivity contribution in [2.75, 3.05) is 0 Å². The molecule has 17 heavy (non-hydrogen) atoms. The molecule has 0 amide bonds. The quantitative estimate of drug-likeness (QED) is 0.477. The summed E-state index contributed by atoms with van der Waals surface area (Å²) in [6, 6.07) is 12.2. The Kier molecular flexibility index (Phi) is 6.82. The molecule has 1 heteroatoms. The first-order valence-electron chi connectivity index (χ1n) is 6.54. The molecule has 0 radical (unpaired) electrons. The van der Waals surface area contributed by atoms with Gasteiger partial charge < -0.3 is 0 Å². The van der Waals surface area contributed by atoms with E-state index in [2.05, 4.69) is 19.1 Å². The molecule has 90 valence electrons. The predicted molar refractivity (Wildman–Crippen MR) is 73.4 cm³/mol. The number of hydrogen-bond donors (Lipinski definition) is 0. The first-order valence-corrected chi connectivity index (χ1v) is 6.54. The lowest BCUT2D eigenvalue weighted by Gasteiger charge is -1.99. The minimum Gasteiger partial charge on any atom is -0.192 e. The third-order valence-corrected chi connectivity index (χ3v) is 2.86. The summed E-state index contributed by atoms with van der Waals surface area (Å²) in [5.74, 6) is 0. The summed E-state index contributed by atoms with van der Waals surface area (Å²) in [5.41, 5.74) is 1.84. The van der Waals surface area contributed by atoms with Crippen LogP contribution in [0, 0.1) is 11.3 Å². The number of nitrogens with zero attached hydrogens (tertiary/aromatic N) is 1. The summed E-state index contributed by atoms with van der Waals surface area (Å²) in [6.07, 6.45) is 9.48. The van der Waals surface area contributed by atoms with E-state index in [-0.39, 0.29) is 0 Å². The second-order valence-corrected chi connectivity index (χ2v) is 4.30. The Morgan fingerprint density at radius 2 is 1.82 bits per heavy atom. The second kappa shape index (κ2) is 8.58. The van der Waals surface area contributed by atoms with E-state index in [0.717, 1.165) is 17.6 Å². The number of benzene rings is 1. The highest BCUT2D eigenvalue weighted by atomic mass is 14.2. The van der Waals surface area contributed by atoms with Crippen molar-refractivity contribution in [2.45, 2.75) is 45.4 Å². The van der Waals surface area contributed by atoms with Crippen molar-refractivity contribution < 1.29 is 0 Å². The Morgan fingerprint density at radius 1 is 1.12 bits per heavy atom. The topological polar surface area (TPSA) is 23.8 Å². The van der Waals surface area contributed by atoms with E-state index in [9.17, 15) is 0 Å². The summed E-state index contributed by atoms with van der Waals surface area (Å²) >= 11 is 0. The van der Waals surface area contributed by atoms with Gasteiger partial charge in [-0.1, -0.05) is 69.0 Å². The van der Waals surface area contributed by atoms with E-state index in [1.165, 1.54) is 32.1 Å². The van der Waals surface area contributed by atoms with Crippen LogP contribution in [0.4, 0.5) is 0 Å². The van der Waals surface area contributed by atoms with Gasteiger partial charge in [0, 0.05) is 0 Å². The van der Waals surface area contributed by atoms with Gasteiger partial charge in [-0.05, 0) is 18.4 Å². The molecule has 1 nitrogen and oxygen atoms in total. The van der Waals surface area contributed by atoms with Gasteiger partial charge in [-0.15, -0.1) is 0 Å². The van der Waals surface area contributed by atoms with Crippen molar-refractivity contribution in [3.05, 3.63) is 42.0 Å². The van der Waals surface area contributed by atoms with Crippen molar-refractivity contribution in [1.82, 2.24) is 0 Å². The molecule has 0 aliphatic heterocycles. The minimum atomic E-state index is 0.807. The van der Waals surface area contributed by atoms with Gasteiger partial charge in [0.1, 0.15) is 0 Å². The van der Waals surface area contributed by atoms with Crippen molar-refractivity contribution in [3.63, 3.8) is 0 Å². The molecule has 0 aliphatic rings. The maximum Gasteiger partial charge on any atom is 0.0994 e. The van der Waals surface area contributed by atoms with Gasteiger partial charge in [0.05, 0.1) is 11.6 Å². The van der Waals surface area contributed by atoms with Crippen molar-refractivity contribution in [1.29, 1.82) is 5.26 Å². The highest BCUT2D eigenvalue weighted by Crippen LogP contribution is 2.15. The van der Waals surface area contributed by atoms with Crippen molar-refractivity contribution in [2.24, 2.45) is 0 Å². The van der Waals surface area contributed by atoms with Crippen molar-refractivity contribution >= 4 is 5.57 Å². The van der Waals surface area contributed by atoms with Crippen LogP contribution < -0.4 is 0 Å². The molecule has 1 rings (SSSR count). The molecule has 0 spiro atoms. The lowest BCUT2D eigenvalue weighted by molar-refractivity contribution is 0.638. The van der Waals surface area contributed by atoms with Gasteiger partial charge in [-0.3, -0.25) is 0 Å². The molecule has 0 unspecified atom stereocenters. The second-order valence-electron chi connectivity index (χ2n) is 4.30. The Morgan fingerprint density at radius 3 is 2.47 bits per heavy atom. The normalized spacial score (nSPS) is 11.2. The summed E-state index contributed by atoms with van der Waals surface area (Å²) in [4.78, 5) is 0. The van der Waals surface area contributed by atoms with Gasteiger partial charge in [0.2, 0.25) is 0 Å². The molecule has 0 bridgehead atoms. The molecule has 1 aromatic carbocycles. The first-order chi connectivity index (χ1) is 8.38. The van der Waals surface area contributed by atoms with Crippen LogP contribution in [0.3, 0.4) is 0 Å². The van der Waals surface area contributed by atoms with Gasteiger partial charge in [0.25, 0.3) is 0 Å². The molecule has 0 atom stereocenters. The smallest absolute Gasteiger partial charge is 0.0994 e. The monoisotopic (exact) mass is 227 g/mol. The number of allylic oxidation sites excluding steroid dienone is 2. The van der Waals surface area contributed by atoms with Crippen LogP contribution in [0.1, 0.15) is 51.0 Å². The highest BCUT2D eigenvalue weighted by Gasteiger charge is 1.98. The number of unbranched alkanes of at least 4 members (excludes halogenated alkanes) is 5. The van der Waals surface area contributed by atoms with E-state index < -0.39 is 0 Å². The molecule has 0 saturated heterocycles. The van der Waals surface area contributed by atoms with E-state index in [1.54, 1.807) is 0 Å². The molecule has 0 saturated carbocycles. The van der Waals surface area contributed by atoms with E-state index >= 15 is 0 Å². The van der Waals surface area contributed by atoms with Crippen LogP contribution in [0.15, 0.2) is 36.4 Å². The third kappa shape index (κ3) is 5.36. The van der Waals surface area contributed by atoms with Crippen LogP contribution in [0.25, 0.3) is 5.57 Å². The molecule has 0 aliphatic carbocycles. The van der Waals surface area contributed by atoms with E-state index in [1.807, 2.05) is 30.3 Å². The van der Waals surface area contributed by atoms with E-state index in [4.69, 9.17) is 5.26 Å². The fourth-order valence-corrected chi connectivity index (χ4v) is 1.84. The molecule has 0 aromatic heterocycles. The maximum atomic E-state index is 9.10. The Labute approximate surface area is 105 Å². The molecule has 0 fully saturated rings. The summed E-state index contributed by atoms with van der Waals surface area (Å²) in [5, 5.41) is 9.10. The SMILES string of the molecule is CCCCCCC/C=C(\C#N)c1ccccc1. The molecular weight excluding hydrogens is 206 g/mol. The zero-order valence-corrected chi connectivity index (χ0v) is 10.7. The summed E-state index contributed by atoms with van der Waals surface area (Å²) in [7, 11) is 0. The average Bonchev–Trinajstić information content (AvgIpc) is 2.39. The van der Waals surface area contributed by atoms with Gasteiger partial charge >= 0.3 is 0 Å². The first kappa shape index (κ1) is 13.5. The highest BCUT2D eigenvalue weighted by molar-refractivity contribution is 5.76. The average molecular weight is 227 g/mol. The summed E-state index contributed by atoms with van der Waals surface area (Å²) in [6.45, 7) is 2.23. The number of nitriles is 1.